The van der Waals surface area contributed by atoms with Crippen LogP contribution in [0.2, 0.25) is 0 Å². The summed E-state index contributed by atoms with van der Waals surface area (Å²) in [4.78, 5) is 26.0. The fourth-order valence-corrected chi connectivity index (χ4v) is 2.79. The van der Waals surface area contributed by atoms with Crippen molar-refractivity contribution in [2.24, 2.45) is 5.73 Å². The molecule has 0 spiro atoms. The first-order chi connectivity index (χ1) is 11.4. The molecule has 5 nitrogen and oxygen atoms in total. The van der Waals surface area contributed by atoms with Crippen LogP contribution in [0.3, 0.4) is 0 Å². The highest BCUT2D eigenvalue weighted by atomic mass is 16.5. The van der Waals surface area contributed by atoms with Crippen molar-refractivity contribution in [1.82, 2.24) is 4.90 Å². The van der Waals surface area contributed by atoms with E-state index in [1.165, 1.54) is 0 Å². The van der Waals surface area contributed by atoms with E-state index in [0.29, 0.717) is 30.7 Å². The SMILES string of the molecule is COCCN(C)C(=O)C1=CC=C(C(N)=O)C(c2ccc(C)cc2)C1. The van der Waals surface area contributed by atoms with Gasteiger partial charge in [0.25, 0.3) is 0 Å². The number of methoxy groups -OCH3 is 1. The highest BCUT2D eigenvalue weighted by Crippen LogP contribution is 2.34. The van der Waals surface area contributed by atoms with E-state index >= 15 is 0 Å². The standard InChI is InChI=1S/C19H24N2O3/c1-13-4-6-14(7-5-13)17-12-15(8-9-16(17)18(20)22)19(23)21(2)10-11-24-3/h4-9,17H,10-12H2,1-3H3,(H2,20,22). The van der Waals surface area contributed by atoms with Crippen LogP contribution < -0.4 is 5.73 Å². The van der Waals surface area contributed by atoms with Crippen LogP contribution in [0.1, 0.15) is 23.5 Å². The molecule has 0 fully saturated rings. The molecule has 1 aromatic rings. The molecule has 2 rings (SSSR count). The maximum atomic E-state index is 12.6. The van der Waals surface area contributed by atoms with Crippen molar-refractivity contribution in [1.29, 1.82) is 0 Å². The van der Waals surface area contributed by atoms with Crippen LogP contribution in [-0.2, 0) is 14.3 Å². The summed E-state index contributed by atoms with van der Waals surface area (Å²) in [5, 5.41) is 0. The van der Waals surface area contributed by atoms with Crippen molar-refractivity contribution in [3.8, 4) is 0 Å². The Morgan fingerprint density at radius 3 is 2.50 bits per heavy atom. The summed E-state index contributed by atoms with van der Waals surface area (Å²) < 4.78 is 5.01. The van der Waals surface area contributed by atoms with Crippen LogP contribution >= 0.6 is 0 Å². The van der Waals surface area contributed by atoms with E-state index in [9.17, 15) is 9.59 Å². The van der Waals surface area contributed by atoms with Crippen molar-refractivity contribution < 1.29 is 14.3 Å². The summed E-state index contributed by atoms with van der Waals surface area (Å²) in [6.45, 7) is 3.02. The zero-order valence-corrected chi connectivity index (χ0v) is 14.4. The van der Waals surface area contributed by atoms with Crippen LogP contribution in [0.25, 0.3) is 0 Å². The lowest BCUT2D eigenvalue weighted by atomic mass is 9.81. The Morgan fingerprint density at radius 2 is 1.92 bits per heavy atom. The summed E-state index contributed by atoms with van der Waals surface area (Å²) in [6.07, 6.45) is 3.85. The van der Waals surface area contributed by atoms with Gasteiger partial charge in [-0.3, -0.25) is 9.59 Å². The van der Waals surface area contributed by atoms with Gasteiger partial charge in [0.05, 0.1) is 6.61 Å². The van der Waals surface area contributed by atoms with Gasteiger partial charge < -0.3 is 15.4 Å². The summed E-state index contributed by atoms with van der Waals surface area (Å²) in [6, 6.07) is 7.97. The predicted molar refractivity (Wildman–Crippen MR) is 93.4 cm³/mol. The van der Waals surface area contributed by atoms with Crippen molar-refractivity contribution in [2.45, 2.75) is 19.3 Å². The Hall–Kier alpha value is -2.40. The van der Waals surface area contributed by atoms with Gasteiger partial charge in [-0.2, -0.15) is 0 Å². The topological polar surface area (TPSA) is 72.6 Å². The van der Waals surface area contributed by atoms with E-state index in [1.54, 1.807) is 31.2 Å². The molecule has 2 amide bonds. The lowest BCUT2D eigenvalue weighted by molar-refractivity contribution is -0.126. The molecule has 2 N–H and O–H groups in total. The minimum absolute atomic E-state index is 0.0519. The van der Waals surface area contributed by atoms with Gasteiger partial charge in [-0.1, -0.05) is 42.0 Å². The number of hydrogen-bond acceptors (Lipinski definition) is 3. The van der Waals surface area contributed by atoms with Gasteiger partial charge in [0.2, 0.25) is 11.8 Å². The molecule has 128 valence electrons. The zero-order chi connectivity index (χ0) is 17.7. The van der Waals surface area contributed by atoms with E-state index in [4.69, 9.17) is 10.5 Å². The summed E-state index contributed by atoms with van der Waals surface area (Å²) in [7, 11) is 3.35. The number of allylic oxidation sites excluding steroid dienone is 2. The van der Waals surface area contributed by atoms with Gasteiger partial charge in [0, 0.05) is 37.8 Å². The Kier molecular flexibility index (Phi) is 5.93. The monoisotopic (exact) mass is 328 g/mol. The van der Waals surface area contributed by atoms with Crippen molar-refractivity contribution >= 4 is 11.8 Å². The lowest BCUT2D eigenvalue weighted by Gasteiger charge is -2.26. The smallest absolute Gasteiger partial charge is 0.249 e. The molecule has 0 saturated heterocycles. The molecular formula is C19H24N2O3. The zero-order valence-electron chi connectivity index (χ0n) is 14.4. The molecule has 1 aromatic carbocycles. The minimum Gasteiger partial charge on any atom is -0.383 e. The second-order valence-corrected chi connectivity index (χ2v) is 6.07. The number of carbonyl (C=O) groups excluding carboxylic acids is 2. The van der Waals surface area contributed by atoms with E-state index in [2.05, 4.69) is 0 Å². The largest absolute Gasteiger partial charge is 0.383 e. The number of hydrogen-bond donors (Lipinski definition) is 1. The van der Waals surface area contributed by atoms with Gasteiger partial charge in [-0.05, 0) is 18.9 Å². The Morgan fingerprint density at radius 1 is 1.25 bits per heavy atom. The lowest BCUT2D eigenvalue weighted by Crippen LogP contribution is -2.33. The molecule has 1 aliphatic rings. The molecule has 1 aliphatic carbocycles. The molecule has 0 saturated carbocycles. The van der Waals surface area contributed by atoms with Crippen LogP contribution in [0, 0.1) is 6.92 Å². The maximum Gasteiger partial charge on any atom is 0.249 e. The van der Waals surface area contributed by atoms with Crippen LogP contribution in [0.4, 0.5) is 0 Å². The van der Waals surface area contributed by atoms with Crippen molar-refractivity contribution in [2.75, 3.05) is 27.3 Å². The van der Waals surface area contributed by atoms with Gasteiger partial charge >= 0.3 is 0 Å². The first-order valence-corrected chi connectivity index (χ1v) is 7.95. The molecular weight excluding hydrogens is 304 g/mol. The molecule has 0 aromatic heterocycles. The number of likely N-dealkylation sites (N-methyl/N-ethyl adjacent to an activating group) is 1. The summed E-state index contributed by atoms with van der Waals surface area (Å²) >= 11 is 0. The summed E-state index contributed by atoms with van der Waals surface area (Å²) in [5.41, 5.74) is 8.86. The molecule has 1 unspecified atom stereocenters. The van der Waals surface area contributed by atoms with Crippen LogP contribution in [0.5, 0.6) is 0 Å². The third-order valence-electron chi connectivity index (χ3n) is 4.28. The maximum absolute atomic E-state index is 12.6. The Bertz CT molecular complexity index is 674. The first-order valence-electron chi connectivity index (χ1n) is 7.95. The quantitative estimate of drug-likeness (QED) is 0.867. The van der Waals surface area contributed by atoms with E-state index < -0.39 is 5.91 Å². The number of benzene rings is 1. The van der Waals surface area contributed by atoms with E-state index in [1.807, 2.05) is 31.2 Å². The first kappa shape index (κ1) is 17.9. The normalized spacial score (nSPS) is 17.0. The molecule has 5 heteroatoms. The molecule has 1 atom stereocenters. The van der Waals surface area contributed by atoms with Gasteiger partial charge in [-0.15, -0.1) is 0 Å². The number of primary amides is 1. The Balaban J connectivity index is 2.26. The predicted octanol–water partition coefficient (Wildman–Crippen LogP) is 1.93. The highest BCUT2D eigenvalue weighted by molar-refractivity contribution is 5.98. The third kappa shape index (κ3) is 4.11. The fourth-order valence-electron chi connectivity index (χ4n) is 2.79. The minimum atomic E-state index is -0.448. The van der Waals surface area contributed by atoms with Crippen molar-refractivity contribution in [3.63, 3.8) is 0 Å². The fraction of sp³-hybridized carbons (Fsp3) is 0.368. The van der Waals surface area contributed by atoms with E-state index in [0.717, 1.165) is 11.1 Å². The number of nitrogens with zero attached hydrogens (tertiary/aromatic N) is 1. The van der Waals surface area contributed by atoms with Crippen molar-refractivity contribution in [3.05, 3.63) is 58.7 Å². The molecule has 0 bridgehead atoms. The van der Waals surface area contributed by atoms with Gasteiger partial charge in [-0.25, -0.2) is 0 Å². The van der Waals surface area contributed by atoms with Crippen LogP contribution in [0.15, 0.2) is 47.6 Å². The second-order valence-electron chi connectivity index (χ2n) is 6.07. The molecule has 24 heavy (non-hydrogen) atoms. The number of carbonyl (C=O) groups is 2. The number of ether oxygens (including phenoxy) is 1. The highest BCUT2D eigenvalue weighted by Gasteiger charge is 2.28. The van der Waals surface area contributed by atoms with Gasteiger partial charge in [0.1, 0.15) is 0 Å². The van der Waals surface area contributed by atoms with Gasteiger partial charge in [0.15, 0.2) is 0 Å². The summed E-state index contributed by atoms with van der Waals surface area (Å²) in [5.74, 6) is -0.692. The van der Waals surface area contributed by atoms with Crippen LogP contribution in [-0.4, -0.2) is 44.0 Å². The number of amides is 2. The number of rotatable bonds is 6. The molecule has 0 aliphatic heterocycles. The third-order valence-corrected chi connectivity index (χ3v) is 4.28. The average Bonchev–Trinajstić information content (AvgIpc) is 2.59. The number of aryl methyl sites for hydroxylation is 1. The molecule has 0 radical (unpaired) electrons. The average molecular weight is 328 g/mol. The van der Waals surface area contributed by atoms with E-state index in [-0.39, 0.29) is 11.8 Å². The Labute approximate surface area is 142 Å². The second kappa shape index (κ2) is 7.93. The number of nitrogens with two attached hydrogens (primary N) is 1. The molecule has 0 heterocycles.